The Morgan fingerprint density at radius 3 is 2.65 bits per heavy atom. The normalized spacial score (nSPS) is 11.4. The maximum Gasteiger partial charge on any atom is 0.418 e. The van der Waals surface area contributed by atoms with E-state index in [2.05, 4.69) is 10.3 Å². The van der Waals surface area contributed by atoms with Gasteiger partial charge in [0, 0.05) is 5.38 Å². The number of benzene rings is 1. The first-order valence-electron chi connectivity index (χ1n) is 5.10. The van der Waals surface area contributed by atoms with Crippen molar-refractivity contribution in [3.05, 3.63) is 39.9 Å². The van der Waals surface area contributed by atoms with Crippen molar-refractivity contribution >= 4 is 39.7 Å². The van der Waals surface area contributed by atoms with E-state index in [1.165, 1.54) is 17.5 Å². The molecule has 4 nitrogen and oxygen atoms in total. The van der Waals surface area contributed by atoms with Gasteiger partial charge in [-0.3, -0.25) is 0 Å². The van der Waals surface area contributed by atoms with E-state index in [1.807, 2.05) is 0 Å². The average Bonchev–Trinajstić information content (AvgIpc) is 2.79. The highest BCUT2D eigenvalue weighted by Gasteiger charge is 2.34. The van der Waals surface area contributed by atoms with Gasteiger partial charge in [-0.1, -0.05) is 17.7 Å². The SMILES string of the molecule is O=C(O)c1csc(Nc2c(Cl)cccc2C(F)(F)F)n1. The minimum Gasteiger partial charge on any atom is -0.476 e. The quantitative estimate of drug-likeness (QED) is 0.886. The van der Waals surface area contributed by atoms with Crippen molar-refractivity contribution in [1.29, 1.82) is 0 Å². The van der Waals surface area contributed by atoms with E-state index in [-0.39, 0.29) is 21.5 Å². The summed E-state index contributed by atoms with van der Waals surface area (Å²) in [7, 11) is 0. The third-order valence-electron chi connectivity index (χ3n) is 2.27. The molecule has 0 aliphatic carbocycles. The van der Waals surface area contributed by atoms with Crippen LogP contribution < -0.4 is 5.32 Å². The second-order valence-corrected chi connectivity index (χ2v) is 4.89. The second kappa shape index (κ2) is 5.29. The number of nitrogens with one attached hydrogen (secondary N) is 1. The van der Waals surface area contributed by atoms with E-state index in [0.29, 0.717) is 0 Å². The number of anilines is 2. The highest BCUT2D eigenvalue weighted by molar-refractivity contribution is 7.14. The number of nitrogens with zero attached hydrogens (tertiary/aromatic N) is 1. The third-order valence-corrected chi connectivity index (χ3v) is 3.35. The summed E-state index contributed by atoms with van der Waals surface area (Å²) in [5.74, 6) is -1.26. The lowest BCUT2D eigenvalue weighted by Crippen LogP contribution is -2.09. The molecule has 1 aromatic carbocycles. The summed E-state index contributed by atoms with van der Waals surface area (Å²) in [6.45, 7) is 0. The van der Waals surface area contributed by atoms with E-state index in [9.17, 15) is 18.0 Å². The molecule has 2 rings (SSSR count). The lowest BCUT2D eigenvalue weighted by molar-refractivity contribution is -0.136. The number of hydrogen-bond acceptors (Lipinski definition) is 4. The summed E-state index contributed by atoms with van der Waals surface area (Å²) in [5, 5.41) is 12.2. The number of carboxylic acids is 1. The molecule has 9 heteroatoms. The fraction of sp³-hybridized carbons (Fsp3) is 0.0909. The van der Waals surface area contributed by atoms with E-state index in [1.54, 1.807) is 0 Å². The van der Waals surface area contributed by atoms with Crippen LogP contribution in [0.4, 0.5) is 24.0 Å². The smallest absolute Gasteiger partial charge is 0.418 e. The van der Waals surface area contributed by atoms with Crippen molar-refractivity contribution in [3.8, 4) is 0 Å². The Bertz CT molecular complexity index is 657. The van der Waals surface area contributed by atoms with Gasteiger partial charge < -0.3 is 10.4 Å². The number of alkyl halides is 3. The lowest BCUT2D eigenvalue weighted by atomic mass is 10.1. The predicted molar refractivity (Wildman–Crippen MR) is 68.8 cm³/mol. The molecule has 0 fully saturated rings. The largest absolute Gasteiger partial charge is 0.476 e. The fourth-order valence-electron chi connectivity index (χ4n) is 1.42. The maximum atomic E-state index is 12.9. The second-order valence-electron chi connectivity index (χ2n) is 3.63. The number of halogens is 4. The van der Waals surface area contributed by atoms with Crippen LogP contribution in [0, 0.1) is 0 Å². The van der Waals surface area contributed by atoms with Gasteiger partial charge in [0.2, 0.25) is 0 Å². The molecule has 2 aromatic rings. The number of para-hydroxylation sites is 1. The highest BCUT2D eigenvalue weighted by atomic mass is 35.5. The van der Waals surface area contributed by atoms with E-state index < -0.39 is 17.7 Å². The zero-order valence-electron chi connectivity index (χ0n) is 9.53. The molecule has 0 saturated carbocycles. The molecule has 0 aliphatic heterocycles. The summed E-state index contributed by atoms with van der Waals surface area (Å²) in [5.41, 5.74) is -1.55. The van der Waals surface area contributed by atoms with Gasteiger partial charge in [-0.25, -0.2) is 9.78 Å². The molecule has 0 bridgehead atoms. The van der Waals surface area contributed by atoms with Gasteiger partial charge in [-0.05, 0) is 12.1 Å². The first kappa shape index (κ1) is 14.6. The zero-order valence-corrected chi connectivity index (χ0v) is 11.1. The molecular formula is C11H6ClF3N2O2S. The number of hydrogen-bond donors (Lipinski definition) is 2. The van der Waals surface area contributed by atoms with Crippen LogP contribution in [0.2, 0.25) is 5.02 Å². The molecule has 1 heterocycles. The molecule has 0 spiro atoms. The Balaban J connectivity index is 2.40. The Morgan fingerprint density at radius 2 is 2.10 bits per heavy atom. The number of rotatable bonds is 3. The first-order chi connectivity index (χ1) is 9.29. The maximum absolute atomic E-state index is 12.9. The van der Waals surface area contributed by atoms with Gasteiger partial charge in [0.15, 0.2) is 10.8 Å². The first-order valence-corrected chi connectivity index (χ1v) is 6.36. The van der Waals surface area contributed by atoms with Crippen LogP contribution in [0.15, 0.2) is 23.6 Å². The van der Waals surface area contributed by atoms with Crippen LogP contribution in [0.25, 0.3) is 0 Å². The molecule has 106 valence electrons. The van der Waals surface area contributed by atoms with Crippen LogP contribution in [-0.4, -0.2) is 16.1 Å². The number of carboxylic acid groups (broad SMARTS) is 1. The topological polar surface area (TPSA) is 62.2 Å². The Kier molecular flexibility index (Phi) is 3.87. The summed E-state index contributed by atoms with van der Waals surface area (Å²) in [6, 6.07) is 3.35. The highest BCUT2D eigenvalue weighted by Crippen LogP contribution is 2.40. The van der Waals surface area contributed by atoms with Gasteiger partial charge in [0.1, 0.15) is 0 Å². The van der Waals surface area contributed by atoms with E-state index >= 15 is 0 Å². The minimum atomic E-state index is -4.58. The number of thiazole rings is 1. The van der Waals surface area contributed by atoms with Crippen molar-refractivity contribution in [3.63, 3.8) is 0 Å². The molecule has 1 aromatic heterocycles. The van der Waals surface area contributed by atoms with Crippen LogP contribution in [0.3, 0.4) is 0 Å². The monoisotopic (exact) mass is 322 g/mol. The van der Waals surface area contributed by atoms with E-state index in [0.717, 1.165) is 17.4 Å². The van der Waals surface area contributed by atoms with Crippen LogP contribution in [-0.2, 0) is 6.18 Å². The minimum absolute atomic E-state index is 0.0148. The van der Waals surface area contributed by atoms with Crippen molar-refractivity contribution in [1.82, 2.24) is 4.98 Å². The molecule has 2 N–H and O–H groups in total. The molecule has 0 aliphatic rings. The van der Waals surface area contributed by atoms with Crippen molar-refractivity contribution in [2.24, 2.45) is 0 Å². The molecule has 0 atom stereocenters. The Labute approximate surface area is 119 Å². The molecule has 0 saturated heterocycles. The molecule has 20 heavy (non-hydrogen) atoms. The molecular weight excluding hydrogens is 317 g/mol. The standard InChI is InChI=1S/C11H6ClF3N2O2S/c12-6-3-1-2-5(11(13,14)15)8(6)17-10-16-7(4-20-10)9(18)19/h1-4H,(H,16,17)(H,18,19). The average molecular weight is 323 g/mol. The van der Waals surface area contributed by atoms with Gasteiger partial charge in [0.25, 0.3) is 0 Å². The van der Waals surface area contributed by atoms with Crippen LogP contribution in [0.5, 0.6) is 0 Å². The summed E-state index contributed by atoms with van der Waals surface area (Å²) >= 11 is 6.62. The van der Waals surface area contributed by atoms with Crippen LogP contribution >= 0.6 is 22.9 Å². The molecule has 0 radical (unpaired) electrons. The zero-order chi connectivity index (χ0) is 14.9. The predicted octanol–water partition coefficient (Wildman–Crippen LogP) is 4.26. The summed E-state index contributed by atoms with van der Waals surface area (Å²) in [4.78, 5) is 14.3. The Morgan fingerprint density at radius 1 is 1.40 bits per heavy atom. The van der Waals surface area contributed by atoms with Gasteiger partial charge in [-0.2, -0.15) is 13.2 Å². The molecule has 0 amide bonds. The lowest BCUT2D eigenvalue weighted by Gasteiger charge is -2.14. The van der Waals surface area contributed by atoms with Crippen molar-refractivity contribution in [2.75, 3.05) is 5.32 Å². The fourth-order valence-corrected chi connectivity index (χ4v) is 2.33. The third kappa shape index (κ3) is 3.02. The number of carbonyl (C=O) groups is 1. The van der Waals surface area contributed by atoms with Crippen molar-refractivity contribution < 1.29 is 23.1 Å². The number of aromatic nitrogens is 1. The molecule has 0 unspecified atom stereocenters. The van der Waals surface area contributed by atoms with E-state index in [4.69, 9.17) is 16.7 Å². The van der Waals surface area contributed by atoms with Gasteiger partial charge in [0.05, 0.1) is 16.3 Å². The van der Waals surface area contributed by atoms with Gasteiger partial charge in [-0.15, -0.1) is 11.3 Å². The van der Waals surface area contributed by atoms with Gasteiger partial charge >= 0.3 is 12.1 Å². The Hall–Kier alpha value is -1.80. The van der Waals surface area contributed by atoms with Crippen LogP contribution in [0.1, 0.15) is 16.1 Å². The summed E-state index contributed by atoms with van der Waals surface area (Å²) in [6.07, 6.45) is -4.58. The summed E-state index contributed by atoms with van der Waals surface area (Å²) < 4.78 is 38.6. The van der Waals surface area contributed by atoms with Crippen molar-refractivity contribution in [2.45, 2.75) is 6.18 Å². The number of aromatic carboxylic acids is 1.